The van der Waals surface area contributed by atoms with Crippen LogP contribution in [0.5, 0.6) is 0 Å². The Kier molecular flexibility index (Phi) is 10.0. The number of hydrogen-bond donors (Lipinski definition) is 0. The molecule has 10 rings (SSSR count). The van der Waals surface area contributed by atoms with Crippen LogP contribution in [0.2, 0.25) is 0 Å². The van der Waals surface area contributed by atoms with E-state index in [0.29, 0.717) is 5.82 Å². The highest BCUT2D eigenvalue weighted by molar-refractivity contribution is 5.81. The van der Waals surface area contributed by atoms with Crippen molar-refractivity contribution >= 4 is 0 Å². The zero-order valence-corrected chi connectivity index (χ0v) is 33.0. The van der Waals surface area contributed by atoms with Gasteiger partial charge in [-0.15, -0.1) is 0 Å². The Hall–Kier alpha value is -7.94. The highest BCUT2D eigenvalue weighted by atomic mass is 14.9. The fourth-order valence-electron chi connectivity index (χ4n) is 7.91. The van der Waals surface area contributed by atoms with Crippen LogP contribution in [0.4, 0.5) is 0 Å². The second-order valence-corrected chi connectivity index (χ2v) is 15.0. The van der Waals surface area contributed by atoms with E-state index in [1.165, 1.54) is 44.5 Å². The largest absolute Gasteiger partial charge is 0.228 e. The Bertz CT molecular complexity index is 2860. The normalized spacial score (nSPS) is 11.0. The lowest BCUT2D eigenvalue weighted by Crippen LogP contribution is -1.96. The zero-order valence-electron chi connectivity index (χ0n) is 33.0. The van der Waals surface area contributed by atoms with Crippen molar-refractivity contribution in [2.45, 2.75) is 0 Å². The van der Waals surface area contributed by atoms with E-state index < -0.39 is 0 Å². The Morgan fingerprint density at radius 2 is 0.417 bits per heavy atom. The van der Waals surface area contributed by atoms with Gasteiger partial charge in [0.15, 0.2) is 5.82 Å². The summed E-state index contributed by atoms with van der Waals surface area (Å²) in [5.41, 5.74) is 18.9. The molecule has 10 aromatic rings. The van der Waals surface area contributed by atoms with E-state index in [-0.39, 0.29) is 0 Å². The summed E-state index contributed by atoms with van der Waals surface area (Å²) < 4.78 is 0. The first-order valence-electron chi connectivity index (χ1n) is 20.4. The molecule has 1 heterocycles. The maximum Gasteiger partial charge on any atom is 0.160 e. The van der Waals surface area contributed by atoms with Gasteiger partial charge in [0.2, 0.25) is 0 Å². The van der Waals surface area contributed by atoms with Crippen LogP contribution in [0.1, 0.15) is 0 Å². The van der Waals surface area contributed by atoms with Crippen LogP contribution >= 0.6 is 0 Å². The lowest BCUT2D eigenvalue weighted by Gasteiger charge is -2.12. The summed E-state index contributed by atoms with van der Waals surface area (Å²) in [5, 5.41) is 0. The summed E-state index contributed by atoms with van der Waals surface area (Å²) in [6.45, 7) is 0. The number of hydrogen-bond acceptors (Lipinski definition) is 2. The molecule has 60 heavy (non-hydrogen) atoms. The van der Waals surface area contributed by atoms with Gasteiger partial charge in [-0.1, -0.05) is 212 Å². The van der Waals surface area contributed by atoms with Gasteiger partial charge in [0.25, 0.3) is 0 Å². The first-order valence-corrected chi connectivity index (χ1v) is 20.4. The lowest BCUT2D eigenvalue weighted by atomic mass is 9.96. The molecule has 0 aliphatic carbocycles. The molecule has 0 atom stereocenters. The van der Waals surface area contributed by atoms with Crippen molar-refractivity contribution in [1.82, 2.24) is 9.97 Å². The van der Waals surface area contributed by atoms with Crippen molar-refractivity contribution in [1.29, 1.82) is 0 Å². The third-order valence-corrected chi connectivity index (χ3v) is 11.1. The molecule has 0 bridgehead atoms. The van der Waals surface area contributed by atoms with E-state index in [9.17, 15) is 0 Å². The highest BCUT2D eigenvalue weighted by Gasteiger charge is 2.13. The average Bonchev–Trinajstić information content (AvgIpc) is 3.35. The average molecular weight is 765 g/mol. The molecule has 2 nitrogen and oxygen atoms in total. The summed E-state index contributed by atoms with van der Waals surface area (Å²) in [4.78, 5) is 10.4. The predicted octanol–water partition coefficient (Wildman–Crippen LogP) is 15.5. The number of benzene rings is 9. The monoisotopic (exact) mass is 764 g/mol. The molecule has 0 saturated heterocycles. The van der Waals surface area contributed by atoms with Gasteiger partial charge in [-0.05, 0) is 97.1 Å². The Morgan fingerprint density at radius 3 is 0.833 bits per heavy atom. The van der Waals surface area contributed by atoms with Crippen LogP contribution in [0.25, 0.3) is 101 Å². The van der Waals surface area contributed by atoms with Crippen molar-refractivity contribution in [2.24, 2.45) is 0 Å². The zero-order chi connectivity index (χ0) is 40.1. The standard InChI is InChI=1S/C58H40N2/c1-4-14-41(15-5-1)43-28-32-45(33-29-43)48-20-10-22-50(36-48)52-24-12-26-54(38-52)57-40-56(47-18-8-3-9-19-47)59-58(60-57)55-27-13-25-53(39-55)51-23-11-21-49(37-51)46-34-30-44(31-35-46)42-16-6-2-7-17-42/h1-40H. The van der Waals surface area contributed by atoms with Gasteiger partial charge in [-0.25, -0.2) is 9.97 Å². The molecular weight excluding hydrogens is 725 g/mol. The SMILES string of the molecule is c1ccc(-c2ccc(-c3cccc(-c4cccc(-c5cc(-c6ccccc6)nc(-c6cccc(-c7cccc(-c8ccc(-c9ccccc9)cc8)c7)c6)n5)c4)c3)cc2)cc1. The summed E-state index contributed by atoms with van der Waals surface area (Å²) in [6.07, 6.45) is 0. The van der Waals surface area contributed by atoms with E-state index in [4.69, 9.17) is 9.97 Å². The van der Waals surface area contributed by atoms with Crippen molar-refractivity contribution in [3.05, 3.63) is 243 Å². The minimum Gasteiger partial charge on any atom is -0.228 e. The fraction of sp³-hybridized carbons (Fsp3) is 0. The summed E-state index contributed by atoms with van der Waals surface area (Å²) >= 11 is 0. The molecule has 0 aliphatic heterocycles. The number of rotatable bonds is 9. The summed E-state index contributed by atoms with van der Waals surface area (Å²) in [5.74, 6) is 0.687. The minimum atomic E-state index is 0.687. The first kappa shape index (κ1) is 36.4. The van der Waals surface area contributed by atoms with Gasteiger partial charge in [0, 0.05) is 16.7 Å². The molecule has 0 amide bonds. The summed E-state index contributed by atoms with van der Waals surface area (Å²) in [7, 11) is 0. The van der Waals surface area contributed by atoms with E-state index in [1.54, 1.807) is 0 Å². The summed E-state index contributed by atoms with van der Waals surface area (Å²) in [6, 6.07) is 86.0. The highest BCUT2D eigenvalue weighted by Crippen LogP contribution is 2.35. The molecular formula is C58H40N2. The van der Waals surface area contributed by atoms with Gasteiger partial charge in [-0.3, -0.25) is 0 Å². The molecule has 282 valence electrons. The second kappa shape index (κ2) is 16.5. The molecule has 0 saturated carbocycles. The molecule has 0 N–H and O–H groups in total. The Balaban J connectivity index is 0.973. The maximum atomic E-state index is 5.25. The molecule has 0 aliphatic rings. The van der Waals surface area contributed by atoms with Gasteiger partial charge >= 0.3 is 0 Å². The molecule has 0 unspecified atom stereocenters. The predicted molar refractivity (Wildman–Crippen MR) is 251 cm³/mol. The van der Waals surface area contributed by atoms with Crippen LogP contribution < -0.4 is 0 Å². The second-order valence-electron chi connectivity index (χ2n) is 15.0. The van der Waals surface area contributed by atoms with Crippen LogP contribution in [-0.4, -0.2) is 9.97 Å². The van der Waals surface area contributed by atoms with Crippen molar-refractivity contribution in [2.75, 3.05) is 0 Å². The third-order valence-electron chi connectivity index (χ3n) is 11.1. The first-order chi connectivity index (χ1) is 29.7. The van der Waals surface area contributed by atoms with E-state index in [2.05, 4.69) is 237 Å². The van der Waals surface area contributed by atoms with Crippen LogP contribution in [0.15, 0.2) is 243 Å². The van der Waals surface area contributed by atoms with E-state index >= 15 is 0 Å². The lowest BCUT2D eigenvalue weighted by molar-refractivity contribution is 1.18. The van der Waals surface area contributed by atoms with Crippen molar-refractivity contribution < 1.29 is 0 Å². The van der Waals surface area contributed by atoms with Crippen LogP contribution in [0.3, 0.4) is 0 Å². The smallest absolute Gasteiger partial charge is 0.160 e. The van der Waals surface area contributed by atoms with Crippen LogP contribution in [0, 0.1) is 0 Å². The number of nitrogens with zero attached hydrogens (tertiary/aromatic N) is 2. The van der Waals surface area contributed by atoms with Gasteiger partial charge < -0.3 is 0 Å². The van der Waals surface area contributed by atoms with E-state index in [1.807, 2.05) is 6.07 Å². The van der Waals surface area contributed by atoms with Crippen molar-refractivity contribution in [3.63, 3.8) is 0 Å². The molecule has 0 radical (unpaired) electrons. The van der Waals surface area contributed by atoms with Gasteiger partial charge in [0.1, 0.15) is 0 Å². The number of aromatic nitrogens is 2. The quantitative estimate of drug-likeness (QED) is 0.146. The Morgan fingerprint density at radius 1 is 0.167 bits per heavy atom. The molecule has 9 aromatic carbocycles. The molecule has 1 aromatic heterocycles. The van der Waals surface area contributed by atoms with Crippen LogP contribution in [-0.2, 0) is 0 Å². The molecule has 0 fully saturated rings. The maximum absolute atomic E-state index is 5.25. The Labute approximate surface area is 351 Å². The fourth-order valence-corrected chi connectivity index (χ4v) is 7.91. The van der Waals surface area contributed by atoms with Gasteiger partial charge in [0.05, 0.1) is 11.4 Å². The molecule has 0 spiro atoms. The topological polar surface area (TPSA) is 25.8 Å². The van der Waals surface area contributed by atoms with Gasteiger partial charge in [-0.2, -0.15) is 0 Å². The minimum absolute atomic E-state index is 0.687. The van der Waals surface area contributed by atoms with E-state index in [0.717, 1.165) is 50.3 Å². The molecule has 2 heteroatoms. The van der Waals surface area contributed by atoms with Crippen molar-refractivity contribution in [3.8, 4) is 101 Å². The third kappa shape index (κ3) is 7.83.